The zero-order valence-electron chi connectivity index (χ0n) is 14.7. The smallest absolute Gasteiger partial charge is 0.240 e. The van der Waals surface area contributed by atoms with Gasteiger partial charge < -0.3 is 4.74 Å². The molecule has 7 nitrogen and oxygen atoms in total. The molecule has 0 aliphatic heterocycles. The molecule has 0 saturated heterocycles. The van der Waals surface area contributed by atoms with Crippen molar-refractivity contribution in [1.82, 2.24) is 4.72 Å². The van der Waals surface area contributed by atoms with Crippen molar-refractivity contribution in [1.29, 1.82) is 0 Å². The van der Waals surface area contributed by atoms with Crippen LogP contribution in [0, 0.1) is 0 Å². The summed E-state index contributed by atoms with van der Waals surface area (Å²) in [5.41, 5.74) is 0.869. The molecule has 0 amide bonds. The maximum absolute atomic E-state index is 12.3. The van der Waals surface area contributed by atoms with E-state index in [4.69, 9.17) is 16.3 Å². The molecule has 0 radical (unpaired) electrons. The second-order valence-corrected chi connectivity index (χ2v) is 9.68. The molecule has 27 heavy (non-hydrogen) atoms. The highest BCUT2D eigenvalue weighted by Crippen LogP contribution is 2.17. The molecule has 0 aliphatic carbocycles. The lowest BCUT2D eigenvalue weighted by molar-refractivity contribution is 0.196. The van der Waals surface area contributed by atoms with Gasteiger partial charge in [-0.25, -0.2) is 21.6 Å². The molecular formula is C17H21ClN2O5S2. The highest BCUT2D eigenvalue weighted by atomic mass is 35.5. The van der Waals surface area contributed by atoms with Crippen LogP contribution >= 0.6 is 11.6 Å². The number of nitrogens with one attached hydrogen (secondary N) is 2. The third-order valence-electron chi connectivity index (χ3n) is 3.53. The van der Waals surface area contributed by atoms with E-state index in [0.717, 1.165) is 0 Å². The van der Waals surface area contributed by atoms with Crippen LogP contribution in [-0.4, -0.2) is 37.1 Å². The number of halogens is 1. The molecule has 0 aromatic heterocycles. The maximum Gasteiger partial charge on any atom is 0.240 e. The van der Waals surface area contributed by atoms with Gasteiger partial charge in [-0.1, -0.05) is 23.7 Å². The summed E-state index contributed by atoms with van der Waals surface area (Å²) in [7, 11) is -5.75. The van der Waals surface area contributed by atoms with E-state index in [1.807, 2.05) is 0 Å². The SMILES string of the molecule is COCCCNS(=O)(=O)c1ccc(NS(=O)(=O)Cc2ccc(Cl)cc2)cc1. The predicted molar refractivity (Wildman–Crippen MR) is 106 cm³/mol. The number of methoxy groups -OCH3 is 1. The van der Waals surface area contributed by atoms with E-state index < -0.39 is 20.0 Å². The topological polar surface area (TPSA) is 102 Å². The van der Waals surface area contributed by atoms with Crippen LogP contribution in [-0.2, 0) is 30.5 Å². The van der Waals surface area contributed by atoms with Gasteiger partial charge in [0.15, 0.2) is 0 Å². The van der Waals surface area contributed by atoms with Gasteiger partial charge >= 0.3 is 0 Å². The van der Waals surface area contributed by atoms with E-state index in [-0.39, 0.29) is 22.9 Å². The Morgan fingerprint density at radius 2 is 1.59 bits per heavy atom. The van der Waals surface area contributed by atoms with Crippen molar-refractivity contribution in [2.75, 3.05) is 25.0 Å². The molecule has 10 heteroatoms. The molecule has 2 aromatic rings. The Morgan fingerprint density at radius 3 is 2.19 bits per heavy atom. The second kappa shape index (κ2) is 9.52. The Balaban J connectivity index is 2.00. The molecule has 0 aliphatic rings. The van der Waals surface area contributed by atoms with E-state index in [1.54, 1.807) is 31.4 Å². The minimum atomic E-state index is -3.65. The number of sulfonamides is 2. The maximum atomic E-state index is 12.3. The first-order valence-electron chi connectivity index (χ1n) is 8.05. The fourth-order valence-corrected chi connectivity index (χ4v) is 4.62. The molecule has 0 unspecified atom stereocenters. The van der Waals surface area contributed by atoms with E-state index in [9.17, 15) is 16.8 Å². The molecule has 0 heterocycles. The Hall–Kier alpha value is -1.65. The standard InChI is InChI=1S/C17H21ClN2O5S2/c1-25-12-2-11-19-27(23,24)17-9-7-16(8-10-17)20-26(21,22)13-14-3-5-15(18)6-4-14/h3-10,19-20H,2,11-13H2,1H3. The minimum absolute atomic E-state index is 0.0561. The monoisotopic (exact) mass is 432 g/mol. The molecule has 0 fully saturated rings. The Kier molecular flexibility index (Phi) is 7.63. The van der Waals surface area contributed by atoms with E-state index in [2.05, 4.69) is 9.44 Å². The third-order valence-corrected chi connectivity index (χ3v) is 6.51. The number of ether oxygens (including phenoxy) is 1. The zero-order chi connectivity index (χ0) is 19.9. The van der Waals surface area contributed by atoms with Crippen molar-refractivity contribution >= 4 is 37.3 Å². The van der Waals surface area contributed by atoms with E-state index in [1.165, 1.54) is 24.3 Å². The molecule has 0 spiro atoms. The lowest BCUT2D eigenvalue weighted by Gasteiger charge is -2.10. The van der Waals surface area contributed by atoms with Crippen LogP contribution in [0.1, 0.15) is 12.0 Å². The van der Waals surface area contributed by atoms with Crippen LogP contribution in [0.3, 0.4) is 0 Å². The van der Waals surface area contributed by atoms with E-state index in [0.29, 0.717) is 23.6 Å². The van der Waals surface area contributed by atoms with Gasteiger partial charge in [-0.2, -0.15) is 0 Å². The summed E-state index contributed by atoms with van der Waals surface area (Å²) >= 11 is 5.79. The van der Waals surface area contributed by atoms with Crippen molar-refractivity contribution in [2.45, 2.75) is 17.1 Å². The number of benzene rings is 2. The van der Waals surface area contributed by atoms with Crippen LogP contribution in [0.25, 0.3) is 0 Å². The summed E-state index contributed by atoms with van der Waals surface area (Å²) in [6.07, 6.45) is 0.554. The molecule has 2 N–H and O–H groups in total. The first kappa shape index (κ1) is 21.6. The normalized spacial score (nSPS) is 12.1. The molecule has 0 bridgehead atoms. The van der Waals surface area contributed by atoms with Gasteiger partial charge in [0.05, 0.1) is 10.6 Å². The van der Waals surface area contributed by atoms with Crippen molar-refractivity contribution in [3.63, 3.8) is 0 Å². The van der Waals surface area contributed by atoms with Gasteiger partial charge in [-0.3, -0.25) is 4.72 Å². The van der Waals surface area contributed by atoms with Gasteiger partial charge in [-0.05, 0) is 48.4 Å². The Morgan fingerprint density at radius 1 is 0.963 bits per heavy atom. The van der Waals surface area contributed by atoms with Crippen molar-refractivity contribution in [3.8, 4) is 0 Å². The van der Waals surface area contributed by atoms with Gasteiger partial charge in [0, 0.05) is 31.0 Å². The van der Waals surface area contributed by atoms with Gasteiger partial charge in [0.2, 0.25) is 20.0 Å². The molecular weight excluding hydrogens is 412 g/mol. The molecule has 0 atom stereocenters. The molecule has 2 rings (SSSR count). The van der Waals surface area contributed by atoms with Gasteiger partial charge in [-0.15, -0.1) is 0 Å². The Labute approximate surface area is 164 Å². The summed E-state index contributed by atoms with van der Waals surface area (Å²) in [5, 5.41) is 0.525. The number of rotatable bonds is 10. The number of hydrogen-bond acceptors (Lipinski definition) is 5. The van der Waals surface area contributed by atoms with Crippen LogP contribution < -0.4 is 9.44 Å². The summed E-state index contributed by atoms with van der Waals surface area (Å²) in [4.78, 5) is 0.0561. The molecule has 2 aromatic carbocycles. The number of anilines is 1. The van der Waals surface area contributed by atoms with Crippen molar-refractivity contribution in [3.05, 3.63) is 59.1 Å². The zero-order valence-corrected chi connectivity index (χ0v) is 17.1. The first-order valence-corrected chi connectivity index (χ1v) is 11.6. The van der Waals surface area contributed by atoms with Crippen LogP contribution in [0.2, 0.25) is 5.02 Å². The Bertz CT molecular complexity index is 944. The predicted octanol–water partition coefficient (Wildman–Crippen LogP) is 2.60. The first-order chi connectivity index (χ1) is 12.7. The van der Waals surface area contributed by atoms with Crippen LogP contribution in [0.4, 0.5) is 5.69 Å². The lowest BCUT2D eigenvalue weighted by atomic mass is 10.2. The highest BCUT2D eigenvalue weighted by Gasteiger charge is 2.15. The van der Waals surface area contributed by atoms with Crippen molar-refractivity contribution < 1.29 is 21.6 Å². The molecule has 148 valence electrons. The van der Waals surface area contributed by atoms with Crippen LogP contribution in [0.5, 0.6) is 0 Å². The quantitative estimate of drug-likeness (QED) is 0.562. The van der Waals surface area contributed by atoms with Crippen molar-refractivity contribution in [2.24, 2.45) is 0 Å². The fourth-order valence-electron chi connectivity index (χ4n) is 2.22. The van der Waals surface area contributed by atoms with Gasteiger partial charge in [0.25, 0.3) is 0 Å². The van der Waals surface area contributed by atoms with Crippen LogP contribution in [0.15, 0.2) is 53.4 Å². The average molecular weight is 433 g/mol. The third kappa shape index (κ3) is 7.11. The van der Waals surface area contributed by atoms with Gasteiger partial charge in [0.1, 0.15) is 0 Å². The lowest BCUT2D eigenvalue weighted by Crippen LogP contribution is -2.25. The summed E-state index contributed by atoms with van der Waals surface area (Å²) in [6.45, 7) is 0.711. The average Bonchev–Trinajstić information content (AvgIpc) is 2.61. The highest BCUT2D eigenvalue weighted by molar-refractivity contribution is 7.92. The molecule has 0 saturated carbocycles. The number of hydrogen-bond donors (Lipinski definition) is 2. The largest absolute Gasteiger partial charge is 0.385 e. The summed E-state index contributed by atoms with van der Waals surface area (Å²) in [6, 6.07) is 12.0. The second-order valence-electron chi connectivity index (χ2n) is 5.76. The van der Waals surface area contributed by atoms with E-state index >= 15 is 0 Å². The minimum Gasteiger partial charge on any atom is -0.385 e. The summed E-state index contributed by atoms with van der Waals surface area (Å²) in [5.74, 6) is -0.217. The summed E-state index contributed by atoms with van der Waals surface area (Å²) < 4.78 is 58.6. The fraction of sp³-hybridized carbons (Fsp3) is 0.294.